The van der Waals surface area contributed by atoms with Crippen molar-refractivity contribution in [2.45, 2.75) is 19.9 Å². The van der Waals surface area contributed by atoms with E-state index in [9.17, 15) is 4.79 Å². The van der Waals surface area contributed by atoms with Gasteiger partial charge in [0.15, 0.2) is 0 Å². The fraction of sp³-hybridized carbons (Fsp3) is 0.909. The highest BCUT2D eigenvalue weighted by Crippen LogP contribution is 1.97. The van der Waals surface area contributed by atoms with E-state index in [1.54, 1.807) is 0 Å². The highest BCUT2D eigenvalue weighted by Gasteiger charge is 2.24. The first-order valence-electron chi connectivity index (χ1n) is 6.10. The summed E-state index contributed by atoms with van der Waals surface area (Å²) in [7, 11) is 0. The van der Waals surface area contributed by atoms with Gasteiger partial charge in [-0.3, -0.25) is 4.79 Å². The maximum absolute atomic E-state index is 12.1. The van der Waals surface area contributed by atoms with E-state index in [0.29, 0.717) is 19.8 Å². The van der Waals surface area contributed by atoms with Crippen LogP contribution in [0, 0.1) is 0 Å². The van der Waals surface area contributed by atoms with E-state index in [1.165, 1.54) is 0 Å². The zero-order valence-corrected chi connectivity index (χ0v) is 10.3. The number of hydrogen-bond acceptors (Lipinski definition) is 4. The Morgan fingerprint density at radius 1 is 1.44 bits per heavy atom. The average molecular weight is 229 g/mol. The monoisotopic (exact) mass is 229 g/mol. The summed E-state index contributed by atoms with van der Waals surface area (Å²) < 4.78 is 5.27. The molecule has 1 heterocycles. The molecule has 1 rings (SSSR count). The van der Waals surface area contributed by atoms with Gasteiger partial charge in [-0.1, -0.05) is 0 Å². The number of nitrogens with zero attached hydrogens (tertiary/aromatic N) is 1. The SMILES string of the molecule is CCOCCN(CC)C(=O)C1CNCCN1. The summed E-state index contributed by atoms with van der Waals surface area (Å²) >= 11 is 0. The Kier molecular flexibility index (Phi) is 6.37. The van der Waals surface area contributed by atoms with Crippen molar-refractivity contribution < 1.29 is 9.53 Å². The van der Waals surface area contributed by atoms with Gasteiger partial charge < -0.3 is 20.3 Å². The van der Waals surface area contributed by atoms with Gasteiger partial charge in [-0.05, 0) is 13.8 Å². The van der Waals surface area contributed by atoms with Crippen LogP contribution in [0.15, 0.2) is 0 Å². The Morgan fingerprint density at radius 2 is 2.25 bits per heavy atom. The molecule has 2 N–H and O–H groups in total. The van der Waals surface area contributed by atoms with Gasteiger partial charge >= 0.3 is 0 Å². The number of amides is 1. The van der Waals surface area contributed by atoms with Crippen LogP contribution >= 0.6 is 0 Å². The number of rotatable bonds is 6. The zero-order chi connectivity index (χ0) is 11.8. The minimum absolute atomic E-state index is 0.0738. The fourth-order valence-corrected chi connectivity index (χ4v) is 1.79. The quantitative estimate of drug-likeness (QED) is 0.599. The van der Waals surface area contributed by atoms with E-state index < -0.39 is 0 Å². The minimum atomic E-state index is -0.0738. The molecule has 0 aromatic rings. The molecule has 94 valence electrons. The van der Waals surface area contributed by atoms with Gasteiger partial charge in [0, 0.05) is 39.3 Å². The van der Waals surface area contributed by atoms with E-state index in [4.69, 9.17) is 4.74 Å². The Balaban J connectivity index is 2.35. The van der Waals surface area contributed by atoms with Crippen LogP contribution in [-0.2, 0) is 9.53 Å². The second-order valence-corrected chi connectivity index (χ2v) is 3.83. The second kappa shape index (κ2) is 7.60. The smallest absolute Gasteiger partial charge is 0.241 e. The third kappa shape index (κ3) is 4.08. The molecule has 1 aliphatic rings. The third-order valence-electron chi connectivity index (χ3n) is 2.74. The highest BCUT2D eigenvalue weighted by molar-refractivity contribution is 5.82. The lowest BCUT2D eigenvalue weighted by Gasteiger charge is -2.29. The van der Waals surface area contributed by atoms with Crippen LogP contribution in [0.1, 0.15) is 13.8 Å². The van der Waals surface area contributed by atoms with Gasteiger partial charge in [0.25, 0.3) is 0 Å². The van der Waals surface area contributed by atoms with Crippen molar-refractivity contribution in [1.82, 2.24) is 15.5 Å². The van der Waals surface area contributed by atoms with Gasteiger partial charge in [-0.2, -0.15) is 0 Å². The molecular weight excluding hydrogens is 206 g/mol. The molecule has 1 aliphatic heterocycles. The van der Waals surface area contributed by atoms with Crippen LogP contribution in [0.5, 0.6) is 0 Å². The number of hydrogen-bond donors (Lipinski definition) is 2. The van der Waals surface area contributed by atoms with Crippen molar-refractivity contribution >= 4 is 5.91 Å². The molecule has 0 spiro atoms. The second-order valence-electron chi connectivity index (χ2n) is 3.83. The van der Waals surface area contributed by atoms with E-state index in [0.717, 1.165) is 26.2 Å². The van der Waals surface area contributed by atoms with E-state index in [-0.39, 0.29) is 11.9 Å². The topological polar surface area (TPSA) is 53.6 Å². The van der Waals surface area contributed by atoms with E-state index >= 15 is 0 Å². The largest absolute Gasteiger partial charge is 0.380 e. The molecule has 0 radical (unpaired) electrons. The first kappa shape index (κ1) is 13.4. The normalized spacial score (nSPS) is 20.8. The van der Waals surface area contributed by atoms with E-state index in [2.05, 4.69) is 10.6 Å². The molecule has 0 aliphatic carbocycles. The summed E-state index contributed by atoms with van der Waals surface area (Å²) in [6.45, 7) is 9.24. The molecule has 1 atom stereocenters. The van der Waals surface area contributed by atoms with Crippen molar-refractivity contribution in [3.05, 3.63) is 0 Å². The first-order valence-corrected chi connectivity index (χ1v) is 6.10. The first-order chi connectivity index (χ1) is 7.79. The highest BCUT2D eigenvalue weighted by atomic mass is 16.5. The van der Waals surface area contributed by atoms with Gasteiger partial charge in [0.05, 0.1) is 12.6 Å². The summed E-state index contributed by atoms with van der Waals surface area (Å²) in [6, 6.07) is -0.0738. The molecule has 1 saturated heterocycles. The van der Waals surface area contributed by atoms with Crippen LogP contribution in [0.4, 0.5) is 0 Å². The molecular formula is C11H23N3O2. The molecule has 16 heavy (non-hydrogen) atoms. The number of likely N-dealkylation sites (N-methyl/N-ethyl adjacent to an activating group) is 1. The predicted molar refractivity (Wildman–Crippen MR) is 63.4 cm³/mol. The number of piperazine rings is 1. The summed E-state index contributed by atoms with van der Waals surface area (Å²) in [5.74, 6) is 0.175. The van der Waals surface area contributed by atoms with Gasteiger partial charge in [-0.25, -0.2) is 0 Å². The lowest BCUT2D eigenvalue weighted by atomic mass is 10.2. The molecule has 1 fully saturated rings. The van der Waals surface area contributed by atoms with E-state index in [1.807, 2.05) is 18.7 Å². The standard InChI is InChI=1S/C11H23N3O2/c1-3-14(7-8-16-4-2)11(15)10-9-12-5-6-13-10/h10,12-13H,3-9H2,1-2H3. The van der Waals surface area contributed by atoms with Crippen molar-refractivity contribution in [2.24, 2.45) is 0 Å². The van der Waals surface area contributed by atoms with Crippen molar-refractivity contribution in [2.75, 3.05) is 45.9 Å². The maximum atomic E-state index is 12.1. The molecule has 5 nitrogen and oxygen atoms in total. The van der Waals surface area contributed by atoms with Crippen LogP contribution in [0.3, 0.4) is 0 Å². The summed E-state index contributed by atoms with van der Waals surface area (Å²) in [5, 5.41) is 6.45. The maximum Gasteiger partial charge on any atom is 0.241 e. The lowest BCUT2D eigenvalue weighted by Crippen LogP contribution is -2.56. The van der Waals surface area contributed by atoms with Crippen LogP contribution in [-0.4, -0.2) is 62.8 Å². The number of nitrogens with one attached hydrogen (secondary N) is 2. The molecule has 0 aromatic carbocycles. The van der Waals surface area contributed by atoms with Gasteiger partial charge in [-0.15, -0.1) is 0 Å². The Labute approximate surface area is 97.5 Å². The van der Waals surface area contributed by atoms with Crippen LogP contribution in [0.2, 0.25) is 0 Å². The van der Waals surface area contributed by atoms with Crippen LogP contribution < -0.4 is 10.6 Å². The lowest BCUT2D eigenvalue weighted by molar-refractivity contribution is -0.134. The fourth-order valence-electron chi connectivity index (χ4n) is 1.79. The summed E-state index contributed by atoms with van der Waals surface area (Å²) in [5.41, 5.74) is 0. The molecule has 0 saturated carbocycles. The van der Waals surface area contributed by atoms with Crippen molar-refractivity contribution in [1.29, 1.82) is 0 Å². The molecule has 1 unspecified atom stereocenters. The number of carbonyl (C=O) groups excluding carboxylic acids is 1. The number of carbonyl (C=O) groups is 1. The zero-order valence-electron chi connectivity index (χ0n) is 10.3. The third-order valence-corrected chi connectivity index (χ3v) is 2.74. The van der Waals surface area contributed by atoms with Crippen molar-refractivity contribution in [3.63, 3.8) is 0 Å². The summed E-state index contributed by atoms with van der Waals surface area (Å²) in [4.78, 5) is 13.9. The van der Waals surface area contributed by atoms with Crippen molar-refractivity contribution in [3.8, 4) is 0 Å². The Bertz CT molecular complexity index is 205. The van der Waals surface area contributed by atoms with Gasteiger partial charge in [0.1, 0.15) is 0 Å². The average Bonchev–Trinajstić information content (AvgIpc) is 2.35. The van der Waals surface area contributed by atoms with Crippen LogP contribution in [0.25, 0.3) is 0 Å². The minimum Gasteiger partial charge on any atom is -0.380 e. The Hall–Kier alpha value is -0.650. The Morgan fingerprint density at radius 3 is 2.81 bits per heavy atom. The molecule has 0 aromatic heterocycles. The predicted octanol–water partition coefficient (Wildman–Crippen LogP) is -0.567. The molecule has 0 bridgehead atoms. The molecule has 5 heteroatoms. The molecule has 1 amide bonds. The summed E-state index contributed by atoms with van der Waals surface area (Å²) in [6.07, 6.45) is 0. The van der Waals surface area contributed by atoms with Gasteiger partial charge in [0.2, 0.25) is 5.91 Å². The number of ether oxygens (including phenoxy) is 1.